The molecule has 148 valence electrons. The highest BCUT2D eigenvalue weighted by Crippen LogP contribution is 2.39. The van der Waals surface area contributed by atoms with Gasteiger partial charge in [-0.1, -0.05) is 48.0 Å². The molecule has 0 aromatic heterocycles. The Kier molecular flexibility index (Phi) is 5.05. The van der Waals surface area contributed by atoms with E-state index in [1.165, 1.54) is 4.90 Å². The number of carbonyl (C=O) groups excluding carboxylic acids is 3. The summed E-state index contributed by atoms with van der Waals surface area (Å²) in [5.74, 6) is -1.15. The molecular formula is C24H24N2O3. The maximum absolute atomic E-state index is 12.9. The van der Waals surface area contributed by atoms with Crippen molar-refractivity contribution in [3.05, 3.63) is 77.4 Å². The topological polar surface area (TPSA) is 66.5 Å². The molecule has 0 radical (unpaired) electrons. The van der Waals surface area contributed by atoms with Crippen LogP contribution in [0.2, 0.25) is 0 Å². The molecule has 2 aliphatic rings. The van der Waals surface area contributed by atoms with Gasteiger partial charge < -0.3 is 5.32 Å². The lowest BCUT2D eigenvalue weighted by Gasteiger charge is -2.19. The third-order valence-electron chi connectivity index (χ3n) is 5.84. The fourth-order valence-electron chi connectivity index (χ4n) is 4.18. The van der Waals surface area contributed by atoms with E-state index in [9.17, 15) is 14.4 Å². The van der Waals surface area contributed by atoms with Crippen LogP contribution >= 0.6 is 0 Å². The molecule has 5 nitrogen and oxygen atoms in total. The Labute approximate surface area is 170 Å². The first kappa shape index (κ1) is 19.1. The summed E-state index contributed by atoms with van der Waals surface area (Å²) in [6.45, 7) is 3.92. The predicted octanol–water partition coefficient (Wildman–Crippen LogP) is 4.02. The highest BCUT2D eigenvalue weighted by atomic mass is 16.2. The molecule has 0 bridgehead atoms. The zero-order valence-electron chi connectivity index (χ0n) is 16.6. The molecule has 2 aromatic carbocycles. The molecule has 0 spiro atoms. The van der Waals surface area contributed by atoms with Crippen LogP contribution in [0.15, 0.2) is 66.2 Å². The van der Waals surface area contributed by atoms with Gasteiger partial charge in [0.05, 0.1) is 23.6 Å². The van der Waals surface area contributed by atoms with Crippen molar-refractivity contribution < 1.29 is 14.4 Å². The van der Waals surface area contributed by atoms with Crippen LogP contribution in [0, 0.1) is 11.8 Å². The minimum atomic E-state index is -0.290. The zero-order chi connectivity index (χ0) is 20.5. The molecule has 1 fully saturated rings. The second-order valence-corrected chi connectivity index (χ2v) is 7.87. The lowest BCUT2D eigenvalue weighted by atomic mass is 9.82. The SMILES string of the molecule is CC1=CC[C@H]2C(=O)N(c3cccc(C(=O)N[C@H](C)c4ccccc4)c3)C(=O)[C@@H]2C1. The first-order chi connectivity index (χ1) is 14.0. The van der Waals surface area contributed by atoms with E-state index in [0.29, 0.717) is 24.1 Å². The third kappa shape index (κ3) is 3.60. The molecule has 1 heterocycles. The quantitative estimate of drug-likeness (QED) is 0.635. The van der Waals surface area contributed by atoms with Crippen molar-refractivity contribution in [2.45, 2.75) is 32.7 Å². The van der Waals surface area contributed by atoms with Crippen molar-refractivity contribution >= 4 is 23.4 Å². The number of hydrogen-bond acceptors (Lipinski definition) is 3. The van der Waals surface area contributed by atoms with Gasteiger partial charge >= 0.3 is 0 Å². The second kappa shape index (κ2) is 7.66. The van der Waals surface area contributed by atoms with E-state index in [-0.39, 0.29) is 35.6 Å². The van der Waals surface area contributed by atoms with Gasteiger partial charge in [0.2, 0.25) is 11.8 Å². The number of anilines is 1. The van der Waals surface area contributed by atoms with E-state index in [1.807, 2.05) is 50.3 Å². The van der Waals surface area contributed by atoms with Crippen molar-refractivity contribution in [2.75, 3.05) is 4.90 Å². The molecule has 3 amide bonds. The van der Waals surface area contributed by atoms with Crippen LogP contribution in [-0.2, 0) is 9.59 Å². The molecule has 1 aliphatic heterocycles. The Hall–Kier alpha value is -3.21. The highest BCUT2D eigenvalue weighted by Gasteiger charge is 2.48. The van der Waals surface area contributed by atoms with E-state index >= 15 is 0 Å². The number of nitrogens with zero attached hydrogens (tertiary/aromatic N) is 1. The molecule has 5 heteroatoms. The Balaban J connectivity index is 1.54. The van der Waals surface area contributed by atoms with E-state index in [0.717, 1.165) is 11.1 Å². The van der Waals surface area contributed by atoms with Crippen molar-refractivity contribution in [2.24, 2.45) is 11.8 Å². The van der Waals surface area contributed by atoms with Gasteiger partial charge in [-0.25, -0.2) is 0 Å². The fourth-order valence-corrected chi connectivity index (χ4v) is 4.18. The average molecular weight is 388 g/mol. The number of hydrogen-bond donors (Lipinski definition) is 1. The summed E-state index contributed by atoms with van der Waals surface area (Å²) in [5.41, 5.74) is 3.05. The summed E-state index contributed by atoms with van der Waals surface area (Å²) >= 11 is 0. The van der Waals surface area contributed by atoms with Crippen LogP contribution in [0.5, 0.6) is 0 Å². The van der Waals surface area contributed by atoms with Gasteiger partial charge in [0.15, 0.2) is 0 Å². The molecule has 0 saturated carbocycles. The number of rotatable bonds is 4. The Morgan fingerprint density at radius 2 is 1.76 bits per heavy atom. The molecule has 4 rings (SSSR count). The minimum Gasteiger partial charge on any atom is -0.346 e. The number of benzene rings is 2. The van der Waals surface area contributed by atoms with Crippen LogP contribution in [-0.4, -0.2) is 17.7 Å². The Bertz CT molecular complexity index is 996. The van der Waals surface area contributed by atoms with E-state index in [2.05, 4.69) is 5.32 Å². The lowest BCUT2D eigenvalue weighted by molar-refractivity contribution is -0.122. The van der Waals surface area contributed by atoms with Crippen LogP contribution in [0.25, 0.3) is 0 Å². The molecule has 1 N–H and O–H groups in total. The summed E-state index contributed by atoms with van der Waals surface area (Å²) in [4.78, 5) is 39.8. The normalized spacial score (nSPS) is 22.1. The summed E-state index contributed by atoms with van der Waals surface area (Å²) in [5, 5.41) is 2.97. The van der Waals surface area contributed by atoms with E-state index < -0.39 is 0 Å². The van der Waals surface area contributed by atoms with Crippen LogP contribution in [0.3, 0.4) is 0 Å². The van der Waals surface area contributed by atoms with Gasteiger partial charge in [0.25, 0.3) is 5.91 Å². The summed E-state index contributed by atoms with van der Waals surface area (Å²) in [6.07, 6.45) is 3.28. The molecule has 2 aromatic rings. The summed E-state index contributed by atoms with van der Waals surface area (Å²) in [6, 6.07) is 16.3. The molecule has 29 heavy (non-hydrogen) atoms. The number of nitrogens with one attached hydrogen (secondary N) is 1. The fraction of sp³-hybridized carbons (Fsp3) is 0.292. The monoisotopic (exact) mass is 388 g/mol. The first-order valence-electron chi connectivity index (χ1n) is 9.95. The molecule has 0 unspecified atom stereocenters. The Morgan fingerprint density at radius 1 is 1.03 bits per heavy atom. The van der Waals surface area contributed by atoms with Gasteiger partial charge in [0.1, 0.15) is 0 Å². The smallest absolute Gasteiger partial charge is 0.251 e. The number of imide groups is 1. The lowest BCUT2D eigenvalue weighted by Crippen LogP contribution is -2.31. The van der Waals surface area contributed by atoms with Crippen LogP contribution in [0.4, 0.5) is 5.69 Å². The third-order valence-corrected chi connectivity index (χ3v) is 5.84. The molecule has 1 aliphatic carbocycles. The largest absolute Gasteiger partial charge is 0.346 e. The molecule has 3 atom stereocenters. The summed E-state index contributed by atoms with van der Waals surface area (Å²) < 4.78 is 0. The molecular weight excluding hydrogens is 364 g/mol. The number of amides is 3. The zero-order valence-corrected chi connectivity index (χ0v) is 16.6. The second-order valence-electron chi connectivity index (χ2n) is 7.87. The van der Waals surface area contributed by atoms with Crippen molar-refractivity contribution in [1.29, 1.82) is 0 Å². The van der Waals surface area contributed by atoms with Crippen LogP contribution < -0.4 is 10.2 Å². The van der Waals surface area contributed by atoms with Gasteiger partial charge in [-0.2, -0.15) is 0 Å². The van der Waals surface area contributed by atoms with Crippen molar-refractivity contribution in [1.82, 2.24) is 5.32 Å². The number of carbonyl (C=O) groups is 3. The Morgan fingerprint density at radius 3 is 2.52 bits per heavy atom. The maximum atomic E-state index is 12.9. The predicted molar refractivity (Wildman–Crippen MR) is 111 cm³/mol. The summed E-state index contributed by atoms with van der Waals surface area (Å²) in [7, 11) is 0. The highest BCUT2D eigenvalue weighted by molar-refractivity contribution is 6.22. The van der Waals surface area contributed by atoms with E-state index in [1.54, 1.807) is 24.3 Å². The van der Waals surface area contributed by atoms with Crippen molar-refractivity contribution in [3.8, 4) is 0 Å². The molecule has 1 saturated heterocycles. The van der Waals surface area contributed by atoms with Gasteiger partial charge in [0, 0.05) is 5.56 Å². The number of fused-ring (bicyclic) bond motifs is 1. The maximum Gasteiger partial charge on any atom is 0.251 e. The minimum absolute atomic E-state index is 0.153. The van der Waals surface area contributed by atoms with Gasteiger partial charge in [-0.15, -0.1) is 0 Å². The average Bonchev–Trinajstić information content (AvgIpc) is 2.98. The van der Waals surface area contributed by atoms with Crippen molar-refractivity contribution in [3.63, 3.8) is 0 Å². The van der Waals surface area contributed by atoms with Gasteiger partial charge in [-0.3, -0.25) is 19.3 Å². The number of allylic oxidation sites excluding steroid dienone is 2. The van der Waals surface area contributed by atoms with E-state index in [4.69, 9.17) is 0 Å². The van der Waals surface area contributed by atoms with Crippen LogP contribution in [0.1, 0.15) is 48.7 Å². The standard InChI is InChI=1S/C24H24N2O3/c1-15-11-12-20-21(13-15)24(29)26(23(20)28)19-10-6-9-18(14-19)22(27)25-16(2)17-7-4-3-5-8-17/h3-11,14,16,20-21H,12-13H2,1-2H3,(H,25,27)/t16-,20-,21-/m1/s1. The first-order valence-corrected chi connectivity index (χ1v) is 9.95. The van der Waals surface area contributed by atoms with Gasteiger partial charge in [-0.05, 0) is 50.5 Å².